The smallest absolute Gasteiger partial charge is 0.185 e. The first-order chi connectivity index (χ1) is 8.61. The minimum absolute atomic E-state index is 0.331. The van der Waals surface area contributed by atoms with Crippen LogP contribution in [0.25, 0.3) is 0 Å². The molecule has 1 N–H and O–H groups in total. The Hall–Kier alpha value is -0.650. The zero-order valence-electron chi connectivity index (χ0n) is 11.8. The summed E-state index contributed by atoms with van der Waals surface area (Å²) in [4.78, 5) is 9.51. The molecule has 1 aromatic heterocycles. The van der Waals surface area contributed by atoms with Gasteiger partial charge in [0.05, 0.1) is 5.69 Å². The molecule has 2 atom stereocenters. The van der Waals surface area contributed by atoms with Gasteiger partial charge in [-0.05, 0) is 40.4 Å². The molecule has 1 aromatic rings. The van der Waals surface area contributed by atoms with E-state index in [2.05, 4.69) is 41.5 Å². The summed E-state index contributed by atoms with van der Waals surface area (Å²) in [6.45, 7) is 4.52. The van der Waals surface area contributed by atoms with Gasteiger partial charge < -0.3 is 15.1 Å². The van der Waals surface area contributed by atoms with Gasteiger partial charge in [-0.2, -0.15) is 0 Å². The van der Waals surface area contributed by atoms with Crippen molar-refractivity contribution >= 4 is 16.5 Å². The molecular weight excluding hydrogens is 244 g/mol. The molecule has 5 heteroatoms. The van der Waals surface area contributed by atoms with Crippen LogP contribution in [0.3, 0.4) is 0 Å². The second kappa shape index (κ2) is 5.99. The first-order valence-corrected chi connectivity index (χ1v) is 7.54. The van der Waals surface area contributed by atoms with Crippen LogP contribution in [0.1, 0.15) is 31.5 Å². The number of nitrogens with one attached hydrogen (secondary N) is 1. The van der Waals surface area contributed by atoms with Crippen LogP contribution < -0.4 is 10.2 Å². The number of hydrogen-bond donors (Lipinski definition) is 1. The van der Waals surface area contributed by atoms with Crippen molar-refractivity contribution in [2.45, 2.75) is 31.8 Å². The van der Waals surface area contributed by atoms with E-state index in [1.165, 1.54) is 19.4 Å². The van der Waals surface area contributed by atoms with Gasteiger partial charge in [0.1, 0.15) is 0 Å². The van der Waals surface area contributed by atoms with Crippen LogP contribution in [0.4, 0.5) is 5.13 Å². The van der Waals surface area contributed by atoms with Crippen molar-refractivity contribution in [1.29, 1.82) is 0 Å². The molecular formula is C13H24N4S. The van der Waals surface area contributed by atoms with E-state index < -0.39 is 0 Å². The van der Waals surface area contributed by atoms with E-state index in [4.69, 9.17) is 4.98 Å². The third kappa shape index (κ3) is 3.02. The van der Waals surface area contributed by atoms with Crippen LogP contribution in [-0.2, 0) is 0 Å². The minimum Gasteiger partial charge on any atom is -0.347 e. The largest absolute Gasteiger partial charge is 0.347 e. The van der Waals surface area contributed by atoms with Gasteiger partial charge in [0.15, 0.2) is 5.13 Å². The highest BCUT2D eigenvalue weighted by atomic mass is 32.1. The SMILES string of the molecule is CNC(C)c1csc(N(C)C2CCCN(C)C2)n1. The topological polar surface area (TPSA) is 31.4 Å². The number of hydrogen-bond acceptors (Lipinski definition) is 5. The monoisotopic (exact) mass is 268 g/mol. The maximum absolute atomic E-state index is 4.74. The fraction of sp³-hybridized carbons (Fsp3) is 0.769. The van der Waals surface area contributed by atoms with Crippen LogP contribution >= 0.6 is 11.3 Å². The first kappa shape index (κ1) is 13.8. The Morgan fingerprint density at radius 3 is 3.06 bits per heavy atom. The lowest BCUT2D eigenvalue weighted by molar-refractivity contribution is 0.248. The Balaban J connectivity index is 2.03. The van der Waals surface area contributed by atoms with E-state index in [0.717, 1.165) is 17.4 Å². The van der Waals surface area contributed by atoms with Crippen molar-refractivity contribution in [3.05, 3.63) is 11.1 Å². The number of piperidine rings is 1. The van der Waals surface area contributed by atoms with E-state index in [1.807, 2.05) is 7.05 Å². The van der Waals surface area contributed by atoms with Crippen molar-refractivity contribution < 1.29 is 0 Å². The second-order valence-corrected chi connectivity index (χ2v) is 6.07. The summed E-state index contributed by atoms with van der Waals surface area (Å²) >= 11 is 1.75. The van der Waals surface area contributed by atoms with Crippen molar-refractivity contribution in [3.8, 4) is 0 Å². The Morgan fingerprint density at radius 2 is 2.39 bits per heavy atom. The van der Waals surface area contributed by atoms with Gasteiger partial charge in [-0.1, -0.05) is 0 Å². The van der Waals surface area contributed by atoms with E-state index >= 15 is 0 Å². The Kier molecular flexibility index (Phi) is 4.59. The molecule has 2 heterocycles. The lowest BCUT2D eigenvalue weighted by Gasteiger charge is -2.35. The van der Waals surface area contributed by atoms with E-state index in [-0.39, 0.29) is 0 Å². The normalized spacial score (nSPS) is 23.0. The van der Waals surface area contributed by atoms with Gasteiger partial charge in [0.2, 0.25) is 0 Å². The van der Waals surface area contributed by atoms with Crippen molar-refractivity contribution in [1.82, 2.24) is 15.2 Å². The van der Waals surface area contributed by atoms with Gasteiger partial charge in [-0.3, -0.25) is 0 Å². The van der Waals surface area contributed by atoms with Crippen LogP contribution in [0.5, 0.6) is 0 Å². The fourth-order valence-electron chi connectivity index (χ4n) is 2.40. The van der Waals surface area contributed by atoms with Crippen molar-refractivity contribution in [3.63, 3.8) is 0 Å². The molecule has 102 valence electrons. The summed E-state index contributed by atoms with van der Waals surface area (Å²) in [5.41, 5.74) is 1.15. The molecule has 0 amide bonds. The molecule has 0 aliphatic carbocycles. The quantitative estimate of drug-likeness (QED) is 0.904. The van der Waals surface area contributed by atoms with Gasteiger partial charge in [0.25, 0.3) is 0 Å². The van der Waals surface area contributed by atoms with Gasteiger partial charge in [-0.15, -0.1) is 11.3 Å². The molecule has 2 unspecified atom stereocenters. The number of aromatic nitrogens is 1. The average molecular weight is 268 g/mol. The zero-order valence-corrected chi connectivity index (χ0v) is 12.6. The molecule has 1 aliphatic rings. The summed E-state index contributed by atoms with van der Waals surface area (Å²) < 4.78 is 0. The molecule has 2 rings (SSSR count). The molecule has 0 aromatic carbocycles. The predicted octanol–water partition coefficient (Wildman–Crippen LogP) is 1.95. The summed E-state index contributed by atoms with van der Waals surface area (Å²) in [7, 11) is 6.36. The van der Waals surface area contributed by atoms with Gasteiger partial charge in [0, 0.05) is 31.1 Å². The van der Waals surface area contributed by atoms with E-state index in [1.54, 1.807) is 11.3 Å². The second-order valence-electron chi connectivity index (χ2n) is 5.23. The van der Waals surface area contributed by atoms with Crippen molar-refractivity contribution in [2.75, 3.05) is 39.1 Å². The van der Waals surface area contributed by atoms with Crippen LogP contribution in [0.2, 0.25) is 0 Å². The Bertz CT molecular complexity index is 379. The molecule has 1 fully saturated rings. The summed E-state index contributed by atoms with van der Waals surface area (Å²) in [5, 5.41) is 6.55. The number of likely N-dealkylation sites (N-methyl/N-ethyl adjacent to an activating group) is 2. The summed E-state index contributed by atoms with van der Waals surface area (Å²) in [6, 6.07) is 0.935. The Labute approximate surface area is 114 Å². The molecule has 1 saturated heterocycles. The summed E-state index contributed by atoms with van der Waals surface area (Å²) in [5.74, 6) is 0. The molecule has 0 bridgehead atoms. The van der Waals surface area contributed by atoms with E-state index in [0.29, 0.717) is 12.1 Å². The van der Waals surface area contributed by atoms with Crippen molar-refractivity contribution in [2.24, 2.45) is 0 Å². The number of likely N-dealkylation sites (tertiary alicyclic amines) is 1. The maximum atomic E-state index is 4.74. The highest BCUT2D eigenvalue weighted by Crippen LogP contribution is 2.26. The average Bonchev–Trinajstić information content (AvgIpc) is 2.86. The standard InChI is InChI=1S/C13H24N4S/c1-10(14-2)12-9-18-13(15-12)17(4)11-6-5-7-16(3)8-11/h9-11,14H,5-8H2,1-4H3. The molecule has 1 aliphatic heterocycles. The minimum atomic E-state index is 0.331. The highest BCUT2D eigenvalue weighted by Gasteiger charge is 2.23. The fourth-order valence-corrected chi connectivity index (χ4v) is 3.35. The molecule has 0 spiro atoms. The van der Waals surface area contributed by atoms with Gasteiger partial charge in [-0.25, -0.2) is 4.98 Å². The van der Waals surface area contributed by atoms with Gasteiger partial charge >= 0.3 is 0 Å². The first-order valence-electron chi connectivity index (χ1n) is 6.66. The molecule has 0 saturated carbocycles. The maximum Gasteiger partial charge on any atom is 0.185 e. The zero-order chi connectivity index (χ0) is 13.1. The highest BCUT2D eigenvalue weighted by molar-refractivity contribution is 7.13. The molecule has 18 heavy (non-hydrogen) atoms. The number of nitrogens with zero attached hydrogens (tertiary/aromatic N) is 3. The van der Waals surface area contributed by atoms with Crippen LogP contribution in [0.15, 0.2) is 5.38 Å². The van der Waals surface area contributed by atoms with E-state index in [9.17, 15) is 0 Å². The lowest BCUT2D eigenvalue weighted by atomic mass is 10.1. The Morgan fingerprint density at radius 1 is 1.61 bits per heavy atom. The lowest BCUT2D eigenvalue weighted by Crippen LogP contribution is -2.45. The number of anilines is 1. The number of rotatable bonds is 4. The molecule has 0 radical (unpaired) electrons. The van der Waals surface area contributed by atoms with Crippen LogP contribution in [0, 0.1) is 0 Å². The molecule has 4 nitrogen and oxygen atoms in total. The third-order valence-corrected chi connectivity index (χ3v) is 4.78. The third-order valence-electron chi connectivity index (χ3n) is 3.84. The predicted molar refractivity (Wildman–Crippen MR) is 78.5 cm³/mol. The summed E-state index contributed by atoms with van der Waals surface area (Å²) in [6.07, 6.45) is 2.56. The van der Waals surface area contributed by atoms with Crippen LogP contribution in [-0.4, -0.2) is 50.2 Å². The number of thiazole rings is 1.